The van der Waals surface area contributed by atoms with Crippen LogP contribution in [0, 0.1) is 6.92 Å². The minimum absolute atomic E-state index is 0.146. The molecule has 2 heterocycles. The summed E-state index contributed by atoms with van der Waals surface area (Å²) in [6.45, 7) is 1.95. The highest BCUT2D eigenvalue weighted by Crippen LogP contribution is 2.31. The normalized spacial score (nSPS) is 12.7. The molecule has 3 nitrogen and oxygen atoms in total. The number of nitrogens with zero attached hydrogens (tertiary/aromatic N) is 1. The fourth-order valence-corrected chi connectivity index (χ4v) is 2.77. The van der Waals surface area contributed by atoms with Crippen molar-refractivity contribution in [2.45, 2.75) is 13.0 Å². The van der Waals surface area contributed by atoms with E-state index >= 15 is 0 Å². The summed E-state index contributed by atoms with van der Waals surface area (Å²) < 4.78 is 0. The number of hydrogen-bond acceptors (Lipinski definition) is 4. The van der Waals surface area contributed by atoms with Gasteiger partial charge in [0.2, 0.25) is 0 Å². The fourth-order valence-electron chi connectivity index (χ4n) is 1.53. The van der Waals surface area contributed by atoms with Gasteiger partial charge in [-0.25, -0.2) is 5.43 Å². The van der Waals surface area contributed by atoms with E-state index in [0.29, 0.717) is 0 Å². The Morgan fingerprint density at radius 2 is 2.25 bits per heavy atom. The zero-order valence-corrected chi connectivity index (χ0v) is 10.3. The molecular formula is C11H12ClN3S. The van der Waals surface area contributed by atoms with Crippen molar-refractivity contribution in [2.24, 2.45) is 5.84 Å². The molecule has 1 unspecified atom stereocenters. The van der Waals surface area contributed by atoms with Gasteiger partial charge in [-0.05, 0) is 30.5 Å². The summed E-state index contributed by atoms with van der Waals surface area (Å²) in [5.41, 5.74) is 4.60. The van der Waals surface area contributed by atoms with Crippen molar-refractivity contribution in [1.29, 1.82) is 0 Å². The number of aryl methyl sites for hydroxylation is 1. The average molecular weight is 254 g/mol. The summed E-state index contributed by atoms with van der Waals surface area (Å²) in [4.78, 5) is 5.44. The molecule has 2 aromatic heterocycles. The second kappa shape index (κ2) is 4.93. The van der Waals surface area contributed by atoms with E-state index in [9.17, 15) is 0 Å². The number of thiophene rings is 1. The molecule has 0 aliphatic rings. The standard InChI is InChI=1S/C11H12ClN3S/c1-7-3-2-4-9(14-7)10(15-13)11-8(12)5-6-16-11/h2-6,10,15H,13H2,1H3. The number of rotatable bonds is 3. The first kappa shape index (κ1) is 11.5. The van der Waals surface area contributed by atoms with Crippen LogP contribution < -0.4 is 11.3 Å². The Bertz CT molecular complexity index is 484. The first-order chi connectivity index (χ1) is 7.72. The Hall–Kier alpha value is -0.940. The third-order valence-electron chi connectivity index (χ3n) is 2.28. The second-order valence-corrected chi connectivity index (χ2v) is 4.79. The molecule has 0 amide bonds. The quantitative estimate of drug-likeness (QED) is 0.653. The van der Waals surface area contributed by atoms with Gasteiger partial charge in [0, 0.05) is 10.6 Å². The van der Waals surface area contributed by atoms with Crippen molar-refractivity contribution in [2.75, 3.05) is 0 Å². The largest absolute Gasteiger partial charge is 0.270 e. The van der Waals surface area contributed by atoms with Crippen molar-refractivity contribution < 1.29 is 0 Å². The Kier molecular flexibility index (Phi) is 3.56. The van der Waals surface area contributed by atoms with Gasteiger partial charge in [0.1, 0.15) is 0 Å². The molecule has 0 bridgehead atoms. The molecule has 84 valence electrons. The Morgan fingerprint density at radius 3 is 2.81 bits per heavy atom. The van der Waals surface area contributed by atoms with Gasteiger partial charge in [0.25, 0.3) is 0 Å². The van der Waals surface area contributed by atoms with Crippen molar-refractivity contribution in [3.05, 3.63) is 50.9 Å². The summed E-state index contributed by atoms with van der Waals surface area (Å²) in [7, 11) is 0. The van der Waals surface area contributed by atoms with Crippen LogP contribution in [0.25, 0.3) is 0 Å². The van der Waals surface area contributed by atoms with E-state index in [-0.39, 0.29) is 6.04 Å². The van der Waals surface area contributed by atoms with E-state index < -0.39 is 0 Å². The molecule has 0 spiro atoms. The maximum Gasteiger partial charge on any atom is 0.0988 e. The van der Waals surface area contributed by atoms with Crippen LogP contribution in [0.15, 0.2) is 29.6 Å². The molecule has 0 aliphatic heterocycles. The average Bonchev–Trinajstić information content (AvgIpc) is 2.67. The second-order valence-electron chi connectivity index (χ2n) is 3.44. The van der Waals surface area contributed by atoms with E-state index in [1.165, 1.54) is 0 Å². The minimum atomic E-state index is -0.146. The molecule has 0 fully saturated rings. The van der Waals surface area contributed by atoms with Gasteiger partial charge in [-0.15, -0.1) is 11.3 Å². The summed E-state index contributed by atoms with van der Waals surface area (Å²) in [5, 5.41) is 2.66. The first-order valence-corrected chi connectivity index (χ1v) is 6.10. The monoisotopic (exact) mass is 253 g/mol. The van der Waals surface area contributed by atoms with Gasteiger partial charge in [-0.3, -0.25) is 10.8 Å². The van der Waals surface area contributed by atoms with Gasteiger partial charge in [-0.1, -0.05) is 17.7 Å². The highest BCUT2D eigenvalue weighted by atomic mass is 35.5. The van der Waals surface area contributed by atoms with E-state index in [4.69, 9.17) is 17.4 Å². The molecule has 0 radical (unpaired) electrons. The van der Waals surface area contributed by atoms with Crippen LogP contribution in [0.5, 0.6) is 0 Å². The summed E-state index contributed by atoms with van der Waals surface area (Å²) in [6, 6.07) is 7.57. The first-order valence-electron chi connectivity index (χ1n) is 4.85. The minimum Gasteiger partial charge on any atom is -0.270 e. The zero-order valence-electron chi connectivity index (χ0n) is 8.77. The van der Waals surface area contributed by atoms with E-state index in [2.05, 4.69) is 10.4 Å². The van der Waals surface area contributed by atoms with Crippen LogP contribution in [0.4, 0.5) is 0 Å². The van der Waals surface area contributed by atoms with Crippen LogP contribution >= 0.6 is 22.9 Å². The van der Waals surface area contributed by atoms with Gasteiger partial charge >= 0.3 is 0 Å². The lowest BCUT2D eigenvalue weighted by molar-refractivity contribution is 0.628. The molecule has 3 N–H and O–H groups in total. The number of nitrogens with two attached hydrogens (primary N) is 1. The van der Waals surface area contributed by atoms with Crippen LogP contribution in [-0.4, -0.2) is 4.98 Å². The lowest BCUT2D eigenvalue weighted by Crippen LogP contribution is -2.29. The highest BCUT2D eigenvalue weighted by Gasteiger charge is 2.18. The predicted octanol–water partition coefficient (Wildman–Crippen LogP) is 2.66. The van der Waals surface area contributed by atoms with E-state index in [0.717, 1.165) is 21.3 Å². The third-order valence-corrected chi connectivity index (χ3v) is 3.70. The maximum absolute atomic E-state index is 6.09. The van der Waals surface area contributed by atoms with Crippen LogP contribution in [0.3, 0.4) is 0 Å². The number of pyridine rings is 1. The molecular weight excluding hydrogens is 242 g/mol. The Balaban J connectivity index is 2.40. The lowest BCUT2D eigenvalue weighted by atomic mass is 10.1. The van der Waals surface area contributed by atoms with Crippen molar-refractivity contribution >= 4 is 22.9 Å². The lowest BCUT2D eigenvalue weighted by Gasteiger charge is -2.14. The topological polar surface area (TPSA) is 50.9 Å². The Labute approximate surface area is 103 Å². The predicted molar refractivity (Wildman–Crippen MR) is 67.5 cm³/mol. The van der Waals surface area contributed by atoms with Crippen LogP contribution in [0.2, 0.25) is 5.02 Å². The highest BCUT2D eigenvalue weighted by molar-refractivity contribution is 7.10. The summed E-state index contributed by atoms with van der Waals surface area (Å²) in [5.74, 6) is 5.57. The number of hydrazine groups is 1. The van der Waals surface area contributed by atoms with Crippen molar-refractivity contribution in [3.8, 4) is 0 Å². The molecule has 1 atom stereocenters. The molecule has 0 saturated carbocycles. The summed E-state index contributed by atoms with van der Waals surface area (Å²) >= 11 is 7.66. The maximum atomic E-state index is 6.09. The zero-order chi connectivity index (χ0) is 11.5. The van der Waals surface area contributed by atoms with Gasteiger partial charge in [0.05, 0.1) is 16.8 Å². The molecule has 5 heteroatoms. The van der Waals surface area contributed by atoms with Crippen molar-refractivity contribution in [1.82, 2.24) is 10.4 Å². The van der Waals surface area contributed by atoms with Crippen LogP contribution in [-0.2, 0) is 0 Å². The van der Waals surface area contributed by atoms with E-state index in [1.807, 2.05) is 36.6 Å². The number of halogens is 1. The number of aromatic nitrogens is 1. The summed E-state index contributed by atoms with van der Waals surface area (Å²) in [6.07, 6.45) is 0. The molecule has 0 aliphatic carbocycles. The van der Waals surface area contributed by atoms with Crippen molar-refractivity contribution in [3.63, 3.8) is 0 Å². The molecule has 2 aromatic rings. The van der Waals surface area contributed by atoms with Crippen LogP contribution in [0.1, 0.15) is 22.3 Å². The number of hydrogen-bond donors (Lipinski definition) is 2. The van der Waals surface area contributed by atoms with Gasteiger partial charge in [0.15, 0.2) is 0 Å². The number of nitrogens with one attached hydrogen (secondary N) is 1. The molecule has 0 aromatic carbocycles. The SMILES string of the molecule is Cc1cccc(C(NN)c2sccc2Cl)n1. The third kappa shape index (κ3) is 2.25. The fraction of sp³-hybridized carbons (Fsp3) is 0.182. The van der Waals surface area contributed by atoms with Gasteiger partial charge < -0.3 is 0 Å². The molecule has 2 rings (SSSR count). The molecule has 16 heavy (non-hydrogen) atoms. The molecule has 0 saturated heterocycles. The van der Waals surface area contributed by atoms with E-state index in [1.54, 1.807) is 11.3 Å². The smallest absolute Gasteiger partial charge is 0.0988 e. The Morgan fingerprint density at radius 1 is 1.44 bits per heavy atom. The van der Waals surface area contributed by atoms with Gasteiger partial charge in [-0.2, -0.15) is 0 Å².